The molecule has 0 radical (unpaired) electrons. The van der Waals surface area contributed by atoms with Gasteiger partial charge in [-0.25, -0.2) is 4.39 Å². The summed E-state index contributed by atoms with van der Waals surface area (Å²) in [5, 5.41) is 2.45. The topological polar surface area (TPSA) is 72.5 Å². The van der Waals surface area contributed by atoms with E-state index < -0.39 is 24.3 Å². The van der Waals surface area contributed by atoms with Gasteiger partial charge in [-0.05, 0) is 43.7 Å². The number of ether oxygens (including phenoxy) is 1. The second kappa shape index (κ2) is 9.28. The number of Topliss-reactive ketones (excluding diaryl/α,β-unsaturated/α-hetero) is 1. The number of anilines is 1. The van der Waals surface area contributed by atoms with Crippen molar-refractivity contribution in [3.05, 3.63) is 63.9 Å². The van der Waals surface area contributed by atoms with Gasteiger partial charge in [0.15, 0.2) is 12.4 Å². The minimum absolute atomic E-state index is 0.00542. The molecule has 27 heavy (non-hydrogen) atoms. The van der Waals surface area contributed by atoms with Crippen LogP contribution in [0.3, 0.4) is 0 Å². The lowest BCUT2D eigenvalue weighted by molar-refractivity contribution is -0.147. The summed E-state index contributed by atoms with van der Waals surface area (Å²) in [6.45, 7) is 3.19. The molecule has 1 amide bonds. The second-order valence-corrected chi connectivity index (χ2v) is 6.48. The van der Waals surface area contributed by atoms with Crippen LogP contribution in [0.5, 0.6) is 0 Å². The predicted octanol–water partition coefficient (Wildman–Crippen LogP) is 4.24. The van der Waals surface area contributed by atoms with Crippen molar-refractivity contribution in [2.75, 3.05) is 11.9 Å². The summed E-state index contributed by atoms with van der Waals surface area (Å²) in [4.78, 5) is 35.8. The molecule has 142 valence electrons. The first-order valence-electron chi connectivity index (χ1n) is 8.27. The third kappa shape index (κ3) is 6.18. The maximum atomic E-state index is 13.0. The van der Waals surface area contributed by atoms with E-state index in [0.717, 1.165) is 23.3 Å². The lowest BCUT2D eigenvalue weighted by Crippen LogP contribution is -2.21. The Morgan fingerprint density at radius 3 is 2.52 bits per heavy atom. The molecule has 2 aromatic carbocycles. The molecular formula is C20H19ClFNO4. The fourth-order valence-electron chi connectivity index (χ4n) is 2.38. The number of ketones is 1. The van der Waals surface area contributed by atoms with Crippen LogP contribution in [0.2, 0.25) is 5.02 Å². The van der Waals surface area contributed by atoms with Crippen molar-refractivity contribution in [3.8, 4) is 0 Å². The lowest BCUT2D eigenvalue weighted by atomic mass is 9.99. The summed E-state index contributed by atoms with van der Waals surface area (Å²) in [5.41, 5.74) is 2.59. The SMILES string of the molecule is Cc1ccc(C)c(C(=O)CCC(=O)OCC(=O)Nc2ccc(F)cc2Cl)c1. The number of carbonyl (C=O) groups is 3. The first kappa shape index (κ1) is 20.6. The van der Waals surface area contributed by atoms with E-state index in [1.165, 1.54) is 6.07 Å². The van der Waals surface area contributed by atoms with Crippen LogP contribution in [0.4, 0.5) is 10.1 Å². The summed E-state index contributed by atoms with van der Waals surface area (Å²) in [5.74, 6) is -1.96. The number of hydrogen-bond donors (Lipinski definition) is 1. The fraction of sp³-hybridized carbons (Fsp3) is 0.250. The van der Waals surface area contributed by atoms with E-state index in [2.05, 4.69) is 5.32 Å². The maximum absolute atomic E-state index is 13.0. The maximum Gasteiger partial charge on any atom is 0.306 e. The van der Waals surface area contributed by atoms with Gasteiger partial charge in [0, 0.05) is 12.0 Å². The Bertz CT molecular complexity index is 882. The molecule has 5 nitrogen and oxygen atoms in total. The molecule has 0 fully saturated rings. The number of aryl methyl sites for hydroxylation is 2. The van der Waals surface area contributed by atoms with Crippen LogP contribution in [0.25, 0.3) is 0 Å². The first-order valence-corrected chi connectivity index (χ1v) is 8.65. The van der Waals surface area contributed by atoms with Gasteiger partial charge in [-0.2, -0.15) is 0 Å². The Kier molecular flexibility index (Phi) is 7.07. The Labute approximate surface area is 161 Å². The van der Waals surface area contributed by atoms with Gasteiger partial charge in [-0.3, -0.25) is 14.4 Å². The zero-order chi connectivity index (χ0) is 20.0. The van der Waals surface area contributed by atoms with Crippen molar-refractivity contribution < 1.29 is 23.5 Å². The largest absolute Gasteiger partial charge is 0.456 e. The number of hydrogen-bond acceptors (Lipinski definition) is 4. The van der Waals surface area contributed by atoms with Gasteiger partial charge in [-0.1, -0.05) is 29.3 Å². The highest BCUT2D eigenvalue weighted by molar-refractivity contribution is 6.33. The molecule has 0 atom stereocenters. The summed E-state index contributed by atoms with van der Waals surface area (Å²) in [6.07, 6.45) is -0.134. The van der Waals surface area contributed by atoms with Crippen molar-refractivity contribution in [2.45, 2.75) is 26.7 Å². The third-order valence-electron chi connectivity index (χ3n) is 3.82. The summed E-state index contributed by atoms with van der Waals surface area (Å²) < 4.78 is 17.8. The standard InChI is InChI=1S/C20H19ClFNO4/c1-12-3-4-13(2)15(9-12)18(24)7-8-20(26)27-11-19(25)23-17-6-5-14(22)10-16(17)21/h3-6,9-10H,7-8,11H2,1-2H3,(H,23,25). The number of amides is 1. The zero-order valence-electron chi connectivity index (χ0n) is 15.0. The molecule has 0 saturated carbocycles. The van der Waals surface area contributed by atoms with E-state index in [0.29, 0.717) is 5.56 Å². The Morgan fingerprint density at radius 1 is 1.07 bits per heavy atom. The quantitative estimate of drug-likeness (QED) is 0.566. The van der Waals surface area contributed by atoms with Crippen LogP contribution in [0.15, 0.2) is 36.4 Å². The molecule has 0 heterocycles. The van der Waals surface area contributed by atoms with Gasteiger partial charge < -0.3 is 10.1 Å². The van der Waals surface area contributed by atoms with Crippen molar-refractivity contribution in [1.29, 1.82) is 0 Å². The van der Waals surface area contributed by atoms with Gasteiger partial charge in [0.25, 0.3) is 5.91 Å². The molecule has 0 bridgehead atoms. The van der Waals surface area contributed by atoms with E-state index in [-0.39, 0.29) is 29.3 Å². The summed E-state index contributed by atoms with van der Waals surface area (Å²) in [7, 11) is 0. The van der Waals surface area contributed by atoms with Crippen LogP contribution in [0.1, 0.15) is 34.3 Å². The van der Waals surface area contributed by atoms with Crippen molar-refractivity contribution in [2.24, 2.45) is 0 Å². The number of nitrogens with one attached hydrogen (secondary N) is 1. The van der Waals surface area contributed by atoms with E-state index in [9.17, 15) is 18.8 Å². The highest BCUT2D eigenvalue weighted by atomic mass is 35.5. The van der Waals surface area contributed by atoms with E-state index >= 15 is 0 Å². The highest BCUT2D eigenvalue weighted by Gasteiger charge is 2.14. The molecule has 0 aliphatic rings. The molecule has 7 heteroatoms. The molecule has 0 unspecified atom stereocenters. The summed E-state index contributed by atoms with van der Waals surface area (Å²) in [6, 6.07) is 9.05. The van der Waals surface area contributed by atoms with E-state index in [4.69, 9.17) is 16.3 Å². The molecule has 0 spiro atoms. The van der Waals surface area contributed by atoms with E-state index in [1.807, 2.05) is 26.0 Å². The minimum Gasteiger partial charge on any atom is -0.456 e. The molecule has 2 rings (SSSR count). The molecule has 0 saturated heterocycles. The smallest absolute Gasteiger partial charge is 0.306 e. The van der Waals surface area contributed by atoms with Gasteiger partial charge in [0.05, 0.1) is 17.1 Å². The normalized spacial score (nSPS) is 10.4. The van der Waals surface area contributed by atoms with Gasteiger partial charge in [0.1, 0.15) is 5.82 Å². The number of halogens is 2. The average molecular weight is 392 g/mol. The number of benzene rings is 2. The molecule has 2 aromatic rings. The zero-order valence-corrected chi connectivity index (χ0v) is 15.7. The predicted molar refractivity (Wildman–Crippen MR) is 100 cm³/mol. The van der Waals surface area contributed by atoms with Crippen molar-refractivity contribution >= 4 is 34.9 Å². The van der Waals surface area contributed by atoms with E-state index in [1.54, 1.807) is 6.07 Å². The molecule has 1 N–H and O–H groups in total. The van der Waals surface area contributed by atoms with Crippen molar-refractivity contribution in [3.63, 3.8) is 0 Å². The van der Waals surface area contributed by atoms with Crippen LogP contribution in [-0.2, 0) is 14.3 Å². The second-order valence-electron chi connectivity index (χ2n) is 6.07. The third-order valence-corrected chi connectivity index (χ3v) is 4.13. The van der Waals surface area contributed by atoms with Crippen LogP contribution in [-0.4, -0.2) is 24.3 Å². The number of carbonyl (C=O) groups excluding carboxylic acids is 3. The van der Waals surface area contributed by atoms with Gasteiger partial charge in [0.2, 0.25) is 0 Å². The molecule has 0 aliphatic carbocycles. The van der Waals surface area contributed by atoms with Crippen LogP contribution >= 0.6 is 11.6 Å². The lowest BCUT2D eigenvalue weighted by Gasteiger charge is -2.09. The van der Waals surface area contributed by atoms with Crippen molar-refractivity contribution in [1.82, 2.24) is 0 Å². The fourth-order valence-corrected chi connectivity index (χ4v) is 2.60. The first-order chi connectivity index (χ1) is 12.8. The summed E-state index contributed by atoms with van der Waals surface area (Å²) >= 11 is 5.80. The van der Waals surface area contributed by atoms with Gasteiger partial charge >= 0.3 is 5.97 Å². The van der Waals surface area contributed by atoms with Gasteiger partial charge in [-0.15, -0.1) is 0 Å². The Hall–Kier alpha value is -2.73. The van der Waals surface area contributed by atoms with Crippen LogP contribution < -0.4 is 5.32 Å². The Balaban J connectivity index is 1.79. The number of esters is 1. The average Bonchev–Trinajstić information content (AvgIpc) is 2.62. The van der Waals surface area contributed by atoms with Crippen LogP contribution in [0, 0.1) is 19.7 Å². The highest BCUT2D eigenvalue weighted by Crippen LogP contribution is 2.22. The molecular weight excluding hydrogens is 373 g/mol. The molecule has 0 aromatic heterocycles. The minimum atomic E-state index is -0.658. The number of rotatable bonds is 7. The monoisotopic (exact) mass is 391 g/mol. The molecule has 0 aliphatic heterocycles. The Morgan fingerprint density at radius 2 is 1.81 bits per heavy atom.